The minimum atomic E-state index is -3.65. The van der Waals surface area contributed by atoms with Crippen LogP contribution in [0.25, 0.3) is 10.2 Å². The van der Waals surface area contributed by atoms with E-state index in [0.29, 0.717) is 33.6 Å². The molecular formula is C23H22FN3O4S2. The van der Waals surface area contributed by atoms with Gasteiger partial charge < -0.3 is 9.30 Å². The summed E-state index contributed by atoms with van der Waals surface area (Å²) >= 11 is 1.20. The van der Waals surface area contributed by atoms with Crippen molar-refractivity contribution < 1.29 is 22.3 Å². The Balaban J connectivity index is 1.51. The van der Waals surface area contributed by atoms with Gasteiger partial charge in [0.15, 0.2) is 4.80 Å². The molecule has 0 radical (unpaired) electrons. The lowest BCUT2D eigenvalue weighted by Crippen LogP contribution is -2.40. The number of nitrogens with zero attached hydrogens (tertiary/aromatic N) is 3. The number of thiazole rings is 1. The fourth-order valence-corrected chi connectivity index (χ4v) is 6.33. The monoisotopic (exact) mass is 487 g/mol. The number of terminal acetylenes is 1. The van der Waals surface area contributed by atoms with Crippen LogP contribution >= 0.6 is 11.3 Å². The summed E-state index contributed by atoms with van der Waals surface area (Å²) in [5, 5.41) is 0. The second-order valence-electron chi connectivity index (χ2n) is 7.59. The van der Waals surface area contributed by atoms with Crippen LogP contribution in [-0.4, -0.2) is 43.4 Å². The van der Waals surface area contributed by atoms with E-state index < -0.39 is 15.9 Å². The van der Waals surface area contributed by atoms with Crippen molar-refractivity contribution in [1.29, 1.82) is 0 Å². The molecule has 1 aliphatic heterocycles. The van der Waals surface area contributed by atoms with Gasteiger partial charge >= 0.3 is 0 Å². The summed E-state index contributed by atoms with van der Waals surface area (Å²) < 4.78 is 48.3. The number of piperidine rings is 1. The highest BCUT2D eigenvalue weighted by Crippen LogP contribution is 2.26. The lowest BCUT2D eigenvalue weighted by atomic mass is 9.98. The number of carbonyl (C=O) groups is 1. The average molecular weight is 488 g/mol. The van der Waals surface area contributed by atoms with Crippen LogP contribution < -0.4 is 9.54 Å². The Morgan fingerprint density at radius 2 is 1.94 bits per heavy atom. The quantitative estimate of drug-likeness (QED) is 0.518. The van der Waals surface area contributed by atoms with Crippen LogP contribution in [0.2, 0.25) is 0 Å². The molecule has 0 spiro atoms. The number of hydrogen-bond acceptors (Lipinski definition) is 5. The summed E-state index contributed by atoms with van der Waals surface area (Å²) in [7, 11) is -2.14. The van der Waals surface area contributed by atoms with Crippen molar-refractivity contribution in [3.05, 3.63) is 53.1 Å². The smallest absolute Gasteiger partial charge is 0.251 e. The summed E-state index contributed by atoms with van der Waals surface area (Å²) in [6.45, 7) is 0.654. The van der Waals surface area contributed by atoms with E-state index in [2.05, 4.69) is 10.9 Å². The fourth-order valence-electron chi connectivity index (χ4n) is 3.80. The molecule has 1 amide bonds. The van der Waals surface area contributed by atoms with E-state index >= 15 is 0 Å². The second kappa shape index (κ2) is 9.47. The van der Waals surface area contributed by atoms with E-state index in [1.165, 1.54) is 47.0 Å². The van der Waals surface area contributed by atoms with Gasteiger partial charge in [0.2, 0.25) is 10.0 Å². The molecule has 1 aliphatic rings. The van der Waals surface area contributed by atoms with E-state index in [9.17, 15) is 17.6 Å². The first kappa shape index (κ1) is 23.2. The Bertz CT molecular complexity index is 1390. The Morgan fingerprint density at radius 3 is 2.58 bits per heavy atom. The van der Waals surface area contributed by atoms with E-state index in [4.69, 9.17) is 11.2 Å². The molecule has 0 bridgehead atoms. The molecular weight excluding hydrogens is 465 g/mol. The number of fused-ring (bicyclic) bond motifs is 1. The van der Waals surface area contributed by atoms with Crippen LogP contribution in [0.15, 0.2) is 52.4 Å². The lowest BCUT2D eigenvalue weighted by molar-refractivity contribution is -0.122. The zero-order chi connectivity index (χ0) is 23.6. The van der Waals surface area contributed by atoms with Gasteiger partial charge in [-0.3, -0.25) is 4.79 Å². The number of aromatic nitrogens is 1. The van der Waals surface area contributed by atoms with Crippen molar-refractivity contribution in [3.8, 4) is 18.1 Å². The molecule has 2 aromatic carbocycles. The van der Waals surface area contributed by atoms with Crippen LogP contribution in [0.1, 0.15) is 12.8 Å². The summed E-state index contributed by atoms with van der Waals surface area (Å²) in [6.07, 6.45) is 6.20. The van der Waals surface area contributed by atoms with Gasteiger partial charge in [0.25, 0.3) is 5.91 Å². The third-order valence-corrected chi connectivity index (χ3v) is 8.55. The summed E-state index contributed by atoms with van der Waals surface area (Å²) in [6, 6.07) is 10.6. The third kappa shape index (κ3) is 4.71. The van der Waals surface area contributed by atoms with Crippen molar-refractivity contribution in [2.24, 2.45) is 10.9 Å². The van der Waals surface area contributed by atoms with E-state index in [-0.39, 0.29) is 36.3 Å². The first-order chi connectivity index (χ1) is 15.8. The van der Waals surface area contributed by atoms with Crippen LogP contribution in [0.5, 0.6) is 5.75 Å². The highest BCUT2D eigenvalue weighted by molar-refractivity contribution is 7.89. The average Bonchev–Trinajstić information content (AvgIpc) is 3.15. The minimum absolute atomic E-state index is 0.186. The molecule has 0 aliphatic carbocycles. The molecule has 0 unspecified atom stereocenters. The summed E-state index contributed by atoms with van der Waals surface area (Å²) in [4.78, 5) is 17.8. The molecule has 1 aromatic heterocycles. The fraction of sp³-hybridized carbons (Fsp3) is 0.304. The predicted molar refractivity (Wildman–Crippen MR) is 124 cm³/mol. The van der Waals surface area contributed by atoms with Crippen molar-refractivity contribution >= 4 is 37.5 Å². The number of hydrogen-bond donors (Lipinski definition) is 0. The highest BCUT2D eigenvalue weighted by atomic mass is 32.2. The normalized spacial score (nSPS) is 16.1. The van der Waals surface area contributed by atoms with Gasteiger partial charge in [-0.25, -0.2) is 12.8 Å². The first-order valence-corrected chi connectivity index (χ1v) is 12.5. The molecule has 7 nitrogen and oxygen atoms in total. The number of amides is 1. The number of sulfonamides is 1. The van der Waals surface area contributed by atoms with Crippen molar-refractivity contribution in [1.82, 2.24) is 8.87 Å². The van der Waals surface area contributed by atoms with Gasteiger partial charge in [-0.05, 0) is 55.3 Å². The number of rotatable bonds is 5. The number of carbonyl (C=O) groups excluding carboxylic acids is 1. The second-order valence-corrected chi connectivity index (χ2v) is 10.5. The number of halogens is 1. The van der Waals surface area contributed by atoms with Gasteiger partial charge in [-0.1, -0.05) is 17.3 Å². The maximum absolute atomic E-state index is 13.6. The standard InChI is InChI=1S/C23H22FN3O4S2/c1-3-12-27-20-9-4-17(24)15-21(20)32-23(27)25-22(28)16-10-13-26(14-11-16)33(29,30)19-7-5-18(31-2)6-8-19/h1,4-9,15-16H,10-14H2,2H3. The van der Waals surface area contributed by atoms with Crippen LogP contribution in [0.3, 0.4) is 0 Å². The van der Waals surface area contributed by atoms with Crippen LogP contribution in [0.4, 0.5) is 4.39 Å². The SMILES string of the molecule is C#CCn1c(=NC(=O)C2CCN(S(=O)(=O)c3ccc(OC)cc3)CC2)sc2cc(F)ccc21. The minimum Gasteiger partial charge on any atom is -0.497 e. The van der Waals surface area contributed by atoms with E-state index in [1.807, 2.05) is 0 Å². The van der Waals surface area contributed by atoms with Crippen molar-refractivity contribution in [2.75, 3.05) is 20.2 Å². The van der Waals surface area contributed by atoms with Crippen LogP contribution in [-0.2, 0) is 21.4 Å². The zero-order valence-corrected chi connectivity index (χ0v) is 19.5. The van der Waals surface area contributed by atoms with E-state index in [0.717, 1.165) is 0 Å². The lowest BCUT2D eigenvalue weighted by Gasteiger charge is -2.29. The molecule has 0 saturated carbocycles. The summed E-state index contributed by atoms with van der Waals surface area (Å²) in [5.74, 6) is 2.02. The summed E-state index contributed by atoms with van der Waals surface area (Å²) in [5.41, 5.74) is 0.714. The molecule has 3 aromatic rings. The zero-order valence-electron chi connectivity index (χ0n) is 17.9. The Hall–Kier alpha value is -3.00. The number of ether oxygens (including phenoxy) is 1. The molecule has 1 saturated heterocycles. The van der Waals surface area contributed by atoms with Crippen LogP contribution in [0, 0.1) is 24.1 Å². The van der Waals surface area contributed by atoms with Gasteiger partial charge in [0.1, 0.15) is 11.6 Å². The molecule has 33 heavy (non-hydrogen) atoms. The van der Waals surface area contributed by atoms with Crippen molar-refractivity contribution in [3.63, 3.8) is 0 Å². The molecule has 2 heterocycles. The molecule has 4 rings (SSSR count). The molecule has 0 atom stereocenters. The number of methoxy groups -OCH3 is 1. The molecule has 1 fully saturated rings. The molecule has 10 heteroatoms. The van der Waals surface area contributed by atoms with Gasteiger partial charge in [-0.2, -0.15) is 9.30 Å². The predicted octanol–water partition coefficient (Wildman–Crippen LogP) is 3.01. The van der Waals surface area contributed by atoms with Crippen molar-refractivity contribution in [2.45, 2.75) is 24.3 Å². The molecule has 0 N–H and O–H groups in total. The first-order valence-electron chi connectivity index (χ1n) is 10.3. The van der Waals surface area contributed by atoms with Gasteiger partial charge in [0, 0.05) is 19.0 Å². The Labute approximate surface area is 195 Å². The maximum Gasteiger partial charge on any atom is 0.251 e. The van der Waals surface area contributed by atoms with Gasteiger partial charge in [0.05, 0.1) is 28.8 Å². The topological polar surface area (TPSA) is 81.0 Å². The van der Waals surface area contributed by atoms with E-state index in [1.54, 1.807) is 22.8 Å². The molecule has 172 valence electrons. The maximum atomic E-state index is 13.6. The Morgan fingerprint density at radius 1 is 1.24 bits per heavy atom. The Kier molecular flexibility index (Phi) is 6.65. The van der Waals surface area contributed by atoms with Gasteiger partial charge in [-0.15, -0.1) is 6.42 Å². The third-order valence-electron chi connectivity index (χ3n) is 5.60. The highest BCUT2D eigenvalue weighted by Gasteiger charge is 2.32. The number of benzene rings is 2. The largest absolute Gasteiger partial charge is 0.497 e.